The summed E-state index contributed by atoms with van der Waals surface area (Å²) in [5, 5.41) is 0. The maximum absolute atomic E-state index is 6.85. The minimum Gasteiger partial charge on any atom is -0.458 e. The molecule has 1 saturated carbocycles. The summed E-state index contributed by atoms with van der Waals surface area (Å²) in [6.45, 7) is 5.20. The van der Waals surface area contributed by atoms with E-state index in [-0.39, 0.29) is 17.7 Å². The Morgan fingerprint density at radius 2 is 1.27 bits per heavy atom. The number of hydrogen-bond donors (Lipinski definition) is 0. The van der Waals surface area contributed by atoms with Crippen molar-refractivity contribution >= 4 is 51.5 Å². The molecule has 3 heterocycles. The van der Waals surface area contributed by atoms with E-state index in [9.17, 15) is 0 Å². The van der Waals surface area contributed by atoms with Crippen LogP contribution in [0.5, 0.6) is 11.5 Å². The summed E-state index contributed by atoms with van der Waals surface area (Å²) in [5.74, 6) is 1.95. The van der Waals surface area contributed by atoms with Crippen LogP contribution in [-0.4, -0.2) is 12.3 Å². The molecule has 48 heavy (non-hydrogen) atoms. The molecule has 1 aliphatic carbocycles. The second-order valence-electron chi connectivity index (χ2n) is 14.4. The summed E-state index contributed by atoms with van der Waals surface area (Å²) < 4.78 is 6.85. The molecule has 6 aromatic rings. The van der Waals surface area contributed by atoms with Crippen LogP contribution in [0.1, 0.15) is 45.1 Å². The van der Waals surface area contributed by atoms with Gasteiger partial charge in [-0.2, -0.15) is 0 Å². The lowest BCUT2D eigenvalue weighted by Gasteiger charge is -2.52. The van der Waals surface area contributed by atoms with E-state index >= 15 is 0 Å². The molecule has 4 heteroatoms. The van der Waals surface area contributed by atoms with E-state index in [1.807, 2.05) is 0 Å². The highest BCUT2D eigenvalue weighted by atomic mass is 16.5. The zero-order valence-electron chi connectivity index (χ0n) is 27.5. The van der Waals surface area contributed by atoms with E-state index in [1.165, 1.54) is 64.6 Å². The Hall–Kier alpha value is -5.22. The molecule has 232 valence electrons. The number of ether oxygens (including phenoxy) is 1. The molecule has 3 aliphatic heterocycles. The van der Waals surface area contributed by atoms with E-state index < -0.39 is 0 Å². The van der Waals surface area contributed by atoms with E-state index in [0.717, 1.165) is 34.1 Å². The van der Waals surface area contributed by atoms with Gasteiger partial charge in [-0.1, -0.05) is 105 Å². The van der Waals surface area contributed by atoms with Crippen molar-refractivity contribution in [3.63, 3.8) is 0 Å². The van der Waals surface area contributed by atoms with Crippen LogP contribution in [0.4, 0.5) is 28.4 Å². The van der Waals surface area contributed by atoms with E-state index in [4.69, 9.17) is 4.74 Å². The average molecular weight is 621 g/mol. The summed E-state index contributed by atoms with van der Waals surface area (Å²) >= 11 is 0. The van der Waals surface area contributed by atoms with E-state index in [2.05, 4.69) is 163 Å². The van der Waals surface area contributed by atoms with Gasteiger partial charge >= 0.3 is 0 Å². The monoisotopic (exact) mass is 620 g/mol. The molecule has 0 aromatic heterocycles. The largest absolute Gasteiger partial charge is 0.458 e. The number of benzene rings is 6. The van der Waals surface area contributed by atoms with Crippen LogP contribution in [0.3, 0.4) is 0 Å². The number of para-hydroxylation sites is 3. The van der Waals surface area contributed by atoms with Crippen molar-refractivity contribution in [1.82, 2.24) is 0 Å². The zero-order valence-corrected chi connectivity index (χ0v) is 27.5. The van der Waals surface area contributed by atoms with Crippen molar-refractivity contribution in [2.75, 3.05) is 9.80 Å². The first-order chi connectivity index (χ1) is 23.5. The second kappa shape index (κ2) is 10.1. The van der Waals surface area contributed by atoms with Gasteiger partial charge in [0.2, 0.25) is 0 Å². The fourth-order valence-corrected chi connectivity index (χ4v) is 9.55. The Morgan fingerprint density at radius 3 is 2.02 bits per heavy atom. The molecular formula is C44H37BN2O. The Kier molecular flexibility index (Phi) is 5.89. The van der Waals surface area contributed by atoms with Crippen molar-refractivity contribution in [2.24, 2.45) is 0 Å². The first kappa shape index (κ1) is 27.9. The molecule has 0 amide bonds. The van der Waals surface area contributed by atoms with Gasteiger partial charge in [-0.15, -0.1) is 0 Å². The van der Waals surface area contributed by atoms with E-state index in [1.54, 1.807) is 0 Å². The fraction of sp³-hybridized carbons (Fsp3) is 0.182. The van der Waals surface area contributed by atoms with Crippen LogP contribution in [0.2, 0.25) is 0 Å². The van der Waals surface area contributed by atoms with Crippen LogP contribution in [-0.2, 0) is 5.41 Å². The highest BCUT2D eigenvalue weighted by Crippen LogP contribution is 2.61. The number of fused-ring (bicyclic) bond motifs is 7. The molecule has 0 bridgehead atoms. The van der Waals surface area contributed by atoms with Crippen molar-refractivity contribution < 1.29 is 4.74 Å². The standard InChI is InChI=1S/C44H37BN2O/c1-43-27-9-10-28-44(43,2)47-38-19-12-20-39-41(38)45(37-18-11-17-35(43)42(37)47)36-26-23-31(29-40(36)48-39)30-21-24-34(25-22-30)46(32-13-5-3-6-14-32)33-15-7-4-8-16-33/h3-8,11-26,29H,9-10,27-28H2,1-2H3. The van der Waals surface area contributed by atoms with Crippen molar-refractivity contribution in [3.05, 3.63) is 145 Å². The molecule has 1 fully saturated rings. The summed E-state index contributed by atoms with van der Waals surface area (Å²) in [4.78, 5) is 5.03. The molecule has 6 aromatic carbocycles. The molecule has 2 unspecified atom stereocenters. The van der Waals surface area contributed by atoms with Gasteiger partial charge in [0.1, 0.15) is 11.5 Å². The minimum atomic E-state index is 0.0523. The summed E-state index contributed by atoms with van der Waals surface area (Å²) in [7, 11) is 0. The van der Waals surface area contributed by atoms with Crippen molar-refractivity contribution in [1.29, 1.82) is 0 Å². The van der Waals surface area contributed by atoms with Crippen LogP contribution in [0.25, 0.3) is 11.1 Å². The maximum Gasteiger partial charge on any atom is 0.256 e. The van der Waals surface area contributed by atoms with Gasteiger partial charge in [-0.3, -0.25) is 0 Å². The second-order valence-corrected chi connectivity index (χ2v) is 14.4. The average Bonchev–Trinajstić information content (AvgIpc) is 3.35. The Labute approximate surface area is 283 Å². The third kappa shape index (κ3) is 3.72. The van der Waals surface area contributed by atoms with Crippen molar-refractivity contribution in [2.45, 2.75) is 50.5 Å². The molecular weight excluding hydrogens is 583 g/mol. The lowest BCUT2D eigenvalue weighted by molar-refractivity contribution is 0.195. The normalized spacial score (nSPS) is 21.0. The number of rotatable bonds is 4. The predicted octanol–water partition coefficient (Wildman–Crippen LogP) is 9.50. The molecule has 0 saturated heterocycles. The topological polar surface area (TPSA) is 15.7 Å². The van der Waals surface area contributed by atoms with Gasteiger partial charge in [0.05, 0.1) is 5.54 Å². The minimum absolute atomic E-state index is 0.0523. The van der Waals surface area contributed by atoms with Gasteiger partial charge in [-0.25, -0.2) is 0 Å². The Balaban J connectivity index is 1.06. The molecule has 0 spiro atoms. The van der Waals surface area contributed by atoms with E-state index in [0.29, 0.717) is 0 Å². The van der Waals surface area contributed by atoms with Crippen LogP contribution in [0, 0.1) is 0 Å². The van der Waals surface area contributed by atoms with Gasteiger partial charge in [0, 0.05) is 33.9 Å². The Morgan fingerprint density at radius 1 is 0.604 bits per heavy atom. The quantitative estimate of drug-likeness (QED) is 0.182. The predicted molar refractivity (Wildman–Crippen MR) is 201 cm³/mol. The summed E-state index contributed by atoms with van der Waals surface area (Å²) in [6, 6.07) is 50.7. The third-order valence-corrected chi connectivity index (χ3v) is 12.1. The van der Waals surface area contributed by atoms with Crippen molar-refractivity contribution in [3.8, 4) is 22.6 Å². The molecule has 0 radical (unpaired) electrons. The van der Waals surface area contributed by atoms with Crippen LogP contribution < -0.4 is 30.9 Å². The van der Waals surface area contributed by atoms with Crippen LogP contribution in [0.15, 0.2) is 140 Å². The summed E-state index contributed by atoms with van der Waals surface area (Å²) in [5.41, 5.74) is 14.2. The lowest BCUT2D eigenvalue weighted by Crippen LogP contribution is -2.63. The fourth-order valence-electron chi connectivity index (χ4n) is 9.55. The lowest BCUT2D eigenvalue weighted by atomic mass is 9.34. The first-order valence-electron chi connectivity index (χ1n) is 17.4. The van der Waals surface area contributed by atoms with Gasteiger partial charge in [0.25, 0.3) is 6.71 Å². The molecule has 2 atom stereocenters. The highest BCUT2D eigenvalue weighted by molar-refractivity contribution is 6.99. The highest BCUT2D eigenvalue weighted by Gasteiger charge is 2.61. The molecule has 10 rings (SSSR count). The molecule has 4 aliphatic rings. The maximum atomic E-state index is 6.85. The number of anilines is 5. The number of nitrogens with zero attached hydrogens (tertiary/aromatic N) is 2. The zero-order chi connectivity index (χ0) is 32.0. The molecule has 3 nitrogen and oxygen atoms in total. The smallest absolute Gasteiger partial charge is 0.256 e. The third-order valence-electron chi connectivity index (χ3n) is 12.1. The van der Waals surface area contributed by atoms with Gasteiger partial charge in [0.15, 0.2) is 0 Å². The van der Waals surface area contributed by atoms with Gasteiger partial charge in [-0.05, 0) is 107 Å². The SMILES string of the molecule is CC12CCCCC1(C)N1c3cccc4c3B(c3ccc(-c5ccc(N(c6ccccc6)c6ccccc6)cc5)cc3O4)c3cccc2c31. The first-order valence-corrected chi connectivity index (χ1v) is 17.4. The number of hydrogen-bond acceptors (Lipinski definition) is 3. The Bertz CT molecular complexity index is 2180. The van der Waals surface area contributed by atoms with Gasteiger partial charge < -0.3 is 14.5 Å². The van der Waals surface area contributed by atoms with Crippen LogP contribution >= 0.6 is 0 Å². The molecule has 0 N–H and O–H groups in total. The summed E-state index contributed by atoms with van der Waals surface area (Å²) in [6.07, 6.45) is 5.02.